The lowest BCUT2D eigenvalue weighted by Crippen LogP contribution is -2.35. The molecule has 0 atom stereocenters. The Labute approximate surface area is 140 Å². The first-order valence-corrected chi connectivity index (χ1v) is 8.92. The number of hydrogen-bond acceptors (Lipinski definition) is 2. The summed E-state index contributed by atoms with van der Waals surface area (Å²) < 4.78 is 1.14. The lowest BCUT2D eigenvalue weighted by molar-refractivity contribution is 0.422. The van der Waals surface area contributed by atoms with Gasteiger partial charge in [0.25, 0.3) is 0 Å². The molecule has 0 amide bonds. The van der Waals surface area contributed by atoms with E-state index < -0.39 is 0 Å². The van der Waals surface area contributed by atoms with Gasteiger partial charge in [-0.1, -0.05) is 46.3 Å². The molecule has 112 valence electrons. The van der Waals surface area contributed by atoms with Crippen LogP contribution in [0.25, 0.3) is 0 Å². The Morgan fingerprint density at radius 2 is 1.76 bits per heavy atom. The summed E-state index contributed by atoms with van der Waals surface area (Å²) in [6.45, 7) is 7.48. The Morgan fingerprint density at radius 3 is 2.43 bits per heavy atom. The second-order valence-corrected chi connectivity index (χ2v) is 8.06. The second-order valence-electron chi connectivity index (χ2n) is 6.13. The number of rotatable bonds is 5. The van der Waals surface area contributed by atoms with Crippen LogP contribution in [-0.2, 0) is 12.3 Å². The third-order valence-corrected chi connectivity index (χ3v) is 4.75. The molecule has 2 rings (SSSR count). The molecule has 0 aromatic heterocycles. The van der Waals surface area contributed by atoms with Gasteiger partial charge in [0.15, 0.2) is 0 Å². The first kappa shape index (κ1) is 16.6. The molecule has 0 spiro atoms. The monoisotopic (exact) mass is 363 g/mol. The zero-order valence-electron chi connectivity index (χ0n) is 12.8. The Kier molecular flexibility index (Phi) is 5.91. The number of nitrogens with one attached hydrogen (secondary N) is 1. The van der Waals surface area contributed by atoms with E-state index >= 15 is 0 Å². The van der Waals surface area contributed by atoms with Gasteiger partial charge in [-0.05, 0) is 50.1 Å². The number of hydrogen-bond donors (Lipinski definition) is 1. The largest absolute Gasteiger partial charge is 0.308 e. The molecule has 3 heteroatoms. The molecule has 0 unspecified atom stereocenters. The van der Waals surface area contributed by atoms with E-state index in [1.54, 1.807) is 0 Å². The van der Waals surface area contributed by atoms with Crippen LogP contribution in [0, 0.1) is 0 Å². The third kappa shape index (κ3) is 5.85. The van der Waals surface area contributed by atoms with Crippen LogP contribution in [0.15, 0.2) is 57.9 Å². The van der Waals surface area contributed by atoms with E-state index in [1.165, 1.54) is 16.0 Å². The summed E-state index contributed by atoms with van der Waals surface area (Å²) in [5.41, 5.74) is 2.84. The van der Waals surface area contributed by atoms with Crippen LogP contribution in [-0.4, -0.2) is 5.54 Å². The fourth-order valence-electron chi connectivity index (χ4n) is 1.92. The molecule has 1 nitrogen and oxygen atoms in total. The van der Waals surface area contributed by atoms with Crippen LogP contribution in [0.3, 0.4) is 0 Å². The Morgan fingerprint density at radius 1 is 1.05 bits per heavy atom. The van der Waals surface area contributed by atoms with E-state index in [0.717, 1.165) is 16.8 Å². The fourth-order valence-corrected chi connectivity index (χ4v) is 3.33. The highest BCUT2D eigenvalue weighted by molar-refractivity contribution is 9.10. The topological polar surface area (TPSA) is 12.0 Å². The molecule has 0 aliphatic heterocycles. The van der Waals surface area contributed by atoms with Crippen molar-refractivity contribution >= 4 is 27.7 Å². The maximum atomic E-state index is 3.58. The standard InChI is InChI=1S/C18H22BrNS/c1-18(2,3)20-12-15-11-16(19)9-10-17(15)21-13-14-7-5-4-6-8-14/h4-11,20H,12-13H2,1-3H3. The molecule has 21 heavy (non-hydrogen) atoms. The van der Waals surface area contributed by atoms with Crippen molar-refractivity contribution in [3.63, 3.8) is 0 Å². The summed E-state index contributed by atoms with van der Waals surface area (Å²) in [6.07, 6.45) is 0. The summed E-state index contributed by atoms with van der Waals surface area (Å²) in [6, 6.07) is 17.2. The Hall–Kier alpha value is -0.770. The molecule has 0 radical (unpaired) electrons. The normalized spacial score (nSPS) is 11.6. The van der Waals surface area contributed by atoms with Crippen molar-refractivity contribution < 1.29 is 0 Å². The van der Waals surface area contributed by atoms with Gasteiger partial charge in [-0.3, -0.25) is 0 Å². The molecular formula is C18H22BrNS. The summed E-state index contributed by atoms with van der Waals surface area (Å²) in [5.74, 6) is 1.00. The molecule has 2 aromatic carbocycles. The molecule has 1 N–H and O–H groups in total. The summed E-state index contributed by atoms with van der Waals surface area (Å²) in [5, 5.41) is 3.57. The van der Waals surface area contributed by atoms with E-state index in [4.69, 9.17) is 0 Å². The minimum atomic E-state index is 0.129. The number of halogens is 1. The maximum Gasteiger partial charge on any atom is 0.0232 e. The molecule has 0 bridgehead atoms. The van der Waals surface area contributed by atoms with Gasteiger partial charge in [-0.15, -0.1) is 11.8 Å². The number of thioether (sulfide) groups is 1. The first-order chi connectivity index (χ1) is 9.94. The van der Waals surface area contributed by atoms with Crippen molar-refractivity contribution in [3.05, 3.63) is 64.1 Å². The van der Waals surface area contributed by atoms with E-state index in [9.17, 15) is 0 Å². The van der Waals surface area contributed by atoms with Crippen LogP contribution in [0.5, 0.6) is 0 Å². The smallest absolute Gasteiger partial charge is 0.0232 e. The van der Waals surface area contributed by atoms with Crippen LogP contribution in [0.1, 0.15) is 31.9 Å². The predicted octanol–water partition coefficient (Wildman–Crippen LogP) is 5.63. The van der Waals surface area contributed by atoms with Gasteiger partial charge >= 0.3 is 0 Å². The SMILES string of the molecule is CC(C)(C)NCc1cc(Br)ccc1SCc1ccccc1. The van der Waals surface area contributed by atoms with Gasteiger partial charge in [-0.25, -0.2) is 0 Å². The van der Waals surface area contributed by atoms with Gasteiger partial charge in [0, 0.05) is 27.2 Å². The molecule has 0 aliphatic rings. The minimum Gasteiger partial charge on any atom is -0.308 e. The van der Waals surface area contributed by atoms with Crippen molar-refractivity contribution in [3.8, 4) is 0 Å². The highest BCUT2D eigenvalue weighted by atomic mass is 79.9. The van der Waals surface area contributed by atoms with Gasteiger partial charge in [-0.2, -0.15) is 0 Å². The van der Waals surface area contributed by atoms with Crippen LogP contribution in [0.2, 0.25) is 0 Å². The number of benzene rings is 2. The molecule has 0 aliphatic carbocycles. The van der Waals surface area contributed by atoms with Crippen molar-refractivity contribution in [1.82, 2.24) is 5.32 Å². The highest BCUT2D eigenvalue weighted by Crippen LogP contribution is 2.29. The fraction of sp³-hybridized carbons (Fsp3) is 0.333. The van der Waals surface area contributed by atoms with Gasteiger partial charge in [0.2, 0.25) is 0 Å². The van der Waals surface area contributed by atoms with Crippen molar-refractivity contribution in [2.45, 2.75) is 43.5 Å². The molecule has 2 aromatic rings. The lowest BCUT2D eigenvalue weighted by Gasteiger charge is -2.21. The quantitative estimate of drug-likeness (QED) is 0.690. The molecule has 0 fully saturated rings. The van der Waals surface area contributed by atoms with Crippen molar-refractivity contribution in [1.29, 1.82) is 0 Å². The van der Waals surface area contributed by atoms with Crippen LogP contribution < -0.4 is 5.32 Å². The average Bonchev–Trinajstić information content (AvgIpc) is 2.44. The zero-order chi connectivity index (χ0) is 15.3. The van der Waals surface area contributed by atoms with Gasteiger partial charge in [0.1, 0.15) is 0 Å². The summed E-state index contributed by atoms with van der Waals surface area (Å²) >= 11 is 5.47. The van der Waals surface area contributed by atoms with Gasteiger partial charge < -0.3 is 5.32 Å². The van der Waals surface area contributed by atoms with Crippen molar-refractivity contribution in [2.24, 2.45) is 0 Å². The summed E-state index contributed by atoms with van der Waals surface area (Å²) in [7, 11) is 0. The van der Waals surface area contributed by atoms with Crippen molar-refractivity contribution in [2.75, 3.05) is 0 Å². The van der Waals surface area contributed by atoms with E-state index in [1.807, 2.05) is 11.8 Å². The Bertz CT molecular complexity index is 576. The molecule has 0 saturated heterocycles. The molecule has 0 heterocycles. The molecule has 0 saturated carbocycles. The van der Waals surface area contributed by atoms with Gasteiger partial charge in [0.05, 0.1) is 0 Å². The first-order valence-electron chi connectivity index (χ1n) is 7.14. The maximum absolute atomic E-state index is 3.58. The second kappa shape index (κ2) is 7.48. The summed E-state index contributed by atoms with van der Waals surface area (Å²) in [4.78, 5) is 1.35. The van der Waals surface area contributed by atoms with Crippen LogP contribution >= 0.6 is 27.7 Å². The Balaban J connectivity index is 2.07. The lowest BCUT2D eigenvalue weighted by atomic mass is 10.1. The zero-order valence-corrected chi connectivity index (χ0v) is 15.2. The third-order valence-electron chi connectivity index (χ3n) is 3.07. The van der Waals surface area contributed by atoms with E-state index in [2.05, 4.69) is 90.5 Å². The van der Waals surface area contributed by atoms with E-state index in [-0.39, 0.29) is 5.54 Å². The predicted molar refractivity (Wildman–Crippen MR) is 96.7 cm³/mol. The molecular weight excluding hydrogens is 342 g/mol. The minimum absolute atomic E-state index is 0.129. The highest BCUT2D eigenvalue weighted by Gasteiger charge is 2.11. The van der Waals surface area contributed by atoms with E-state index in [0.29, 0.717) is 0 Å². The average molecular weight is 364 g/mol. The van der Waals surface area contributed by atoms with Crippen LogP contribution in [0.4, 0.5) is 0 Å².